The molecule has 0 aliphatic carbocycles. The van der Waals surface area contributed by atoms with Crippen molar-refractivity contribution in [2.75, 3.05) is 18.5 Å². The number of carbonyl (C=O) groups is 1. The van der Waals surface area contributed by atoms with E-state index in [2.05, 4.69) is 19.2 Å². The van der Waals surface area contributed by atoms with E-state index < -0.39 is 0 Å². The average Bonchev–Trinajstić information content (AvgIpc) is 2.62. The van der Waals surface area contributed by atoms with Crippen molar-refractivity contribution in [3.63, 3.8) is 0 Å². The van der Waals surface area contributed by atoms with Gasteiger partial charge in [-0.1, -0.05) is 61.3 Å². The SMILES string of the molecule is Cc1cccc(C(C)C)c1NC(=O)N(CCCO)Cc1ccc(Cl)c(Cl)c1. The zero-order valence-electron chi connectivity index (χ0n) is 15.9. The maximum absolute atomic E-state index is 13.0. The lowest BCUT2D eigenvalue weighted by atomic mass is 9.98. The van der Waals surface area contributed by atoms with Gasteiger partial charge in [0.15, 0.2) is 0 Å². The third-order valence-corrected chi connectivity index (χ3v) is 5.13. The highest BCUT2D eigenvalue weighted by molar-refractivity contribution is 6.42. The molecule has 27 heavy (non-hydrogen) atoms. The minimum Gasteiger partial charge on any atom is -0.396 e. The normalized spacial score (nSPS) is 10.9. The van der Waals surface area contributed by atoms with Gasteiger partial charge in [-0.05, 0) is 48.1 Å². The molecule has 0 radical (unpaired) electrons. The Balaban J connectivity index is 2.23. The molecule has 0 fully saturated rings. The van der Waals surface area contributed by atoms with Gasteiger partial charge in [0.1, 0.15) is 0 Å². The highest BCUT2D eigenvalue weighted by atomic mass is 35.5. The molecule has 0 aliphatic heterocycles. The number of nitrogens with one attached hydrogen (secondary N) is 1. The monoisotopic (exact) mass is 408 g/mol. The number of aliphatic hydroxyl groups excluding tert-OH is 1. The topological polar surface area (TPSA) is 52.6 Å². The van der Waals surface area contributed by atoms with Gasteiger partial charge < -0.3 is 15.3 Å². The van der Waals surface area contributed by atoms with Crippen LogP contribution < -0.4 is 5.32 Å². The van der Waals surface area contributed by atoms with Crippen LogP contribution in [0.5, 0.6) is 0 Å². The van der Waals surface area contributed by atoms with Crippen molar-refractivity contribution in [1.29, 1.82) is 0 Å². The number of nitrogens with zero attached hydrogens (tertiary/aromatic N) is 1. The predicted molar refractivity (Wildman–Crippen MR) is 113 cm³/mol. The van der Waals surface area contributed by atoms with Crippen LogP contribution in [0.3, 0.4) is 0 Å². The van der Waals surface area contributed by atoms with Gasteiger partial charge in [-0.3, -0.25) is 0 Å². The maximum Gasteiger partial charge on any atom is 0.322 e. The van der Waals surface area contributed by atoms with Crippen LogP contribution in [0.1, 0.15) is 42.9 Å². The summed E-state index contributed by atoms with van der Waals surface area (Å²) < 4.78 is 0. The molecule has 0 atom stereocenters. The molecule has 0 unspecified atom stereocenters. The Hall–Kier alpha value is -1.75. The largest absolute Gasteiger partial charge is 0.396 e. The zero-order chi connectivity index (χ0) is 20.0. The molecule has 146 valence electrons. The Morgan fingerprint density at radius 3 is 2.56 bits per heavy atom. The first-order valence-electron chi connectivity index (χ1n) is 9.03. The van der Waals surface area contributed by atoms with Gasteiger partial charge in [-0.15, -0.1) is 0 Å². The lowest BCUT2D eigenvalue weighted by Gasteiger charge is -2.25. The Labute approximate surface area is 171 Å². The molecule has 6 heteroatoms. The molecule has 0 aliphatic rings. The summed E-state index contributed by atoms with van der Waals surface area (Å²) >= 11 is 12.1. The Kier molecular flexibility index (Phi) is 7.96. The Morgan fingerprint density at radius 1 is 1.19 bits per heavy atom. The standard InChI is InChI=1S/C21H26Cl2N2O2/c1-14(2)17-7-4-6-15(3)20(17)24-21(27)25(10-5-11-26)13-16-8-9-18(22)19(23)12-16/h4,6-9,12,14,26H,5,10-11,13H2,1-3H3,(H,24,27). The number of para-hydroxylation sites is 1. The molecule has 0 saturated heterocycles. The molecule has 0 aromatic heterocycles. The molecule has 4 nitrogen and oxygen atoms in total. The number of hydrogen-bond acceptors (Lipinski definition) is 2. The van der Waals surface area contributed by atoms with E-state index in [0.29, 0.717) is 35.5 Å². The number of carbonyl (C=O) groups excluding carboxylic acids is 1. The van der Waals surface area contributed by atoms with Crippen molar-refractivity contribution >= 4 is 34.9 Å². The van der Waals surface area contributed by atoms with Crippen molar-refractivity contribution in [2.45, 2.75) is 39.7 Å². The van der Waals surface area contributed by atoms with Crippen molar-refractivity contribution in [2.24, 2.45) is 0 Å². The molecular weight excluding hydrogens is 383 g/mol. The zero-order valence-corrected chi connectivity index (χ0v) is 17.4. The first-order chi connectivity index (χ1) is 12.8. The molecule has 2 aromatic carbocycles. The van der Waals surface area contributed by atoms with Crippen molar-refractivity contribution < 1.29 is 9.90 Å². The number of amides is 2. The molecule has 2 amide bonds. The molecule has 2 N–H and O–H groups in total. The summed E-state index contributed by atoms with van der Waals surface area (Å²) in [6.45, 7) is 7.02. The Bertz CT molecular complexity index is 794. The van der Waals surface area contributed by atoms with Crippen LogP contribution in [0.4, 0.5) is 10.5 Å². The van der Waals surface area contributed by atoms with Crippen molar-refractivity contribution in [3.8, 4) is 0 Å². The van der Waals surface area contributed by atoms with E-state index in [9.17, 15) is 9.90 Å². The number of rotatable bonds is 7. The third kappa shape index (κ3) is 5.86. The molecule has 0 saturated carbocycles. The number of anilines is 1. The number of aliphatic hydroxyl groups is 1. The molecule has 0 bridgehead atoms. The molecule has 0 spiro atoms. The smallest absolute Gasteiger partial charge is 0.322 e. The lowest BCUT2D eigenvalue weighted by Crippen LogP contribution is -2.36. The number of hydrogen-bond donors (Lipinski definition) is 2. The van der Waals surface area contributed by atoms with E-state index in [1.165, 1.54) is 0 Å². The summed E-state index contributed by atoms with van der Waals surface area (Å²) in [6.07, 6.45) is 0.500. The van der Waals surface area contributed by atoms with Crippen LogP contribution in [-0.2, 0) is 6.54 Å². The Morgan fingerprint density at radius 2 is 1.93 bits per heavy atom. The number of urea groups is 1. The average molecular weight is 409 g/mol. The predicted octanol–water partition coefficient (Wildman–Crippen LogP) is 5.84. The molecule has 0 heterocycles. The second-order valence-electron chi connectivity index (χ2n) is 6.87. The number of aryl methyl sites for hydroxylation is 1. The van der Waals surface area contributed by atoms with E-state index in [-0.39, 0.29) is 12.6 Å². The van der Waals surface area contributed by atoms with Gasteiger partial charge in [0.2, 0.25) is 0 Å². The fourth-order valence-electron chi connectivity index (χ4n) is 2.90. The minimum absolute atomic E-state index is 0.0206. The van der Waals surface area contributed by atoms with Gasteiger partial charge >= 0.3 is 6.03 Å². The van der Waals surface area contributed by atoms with Crippen LogP contribution >= 0.6 is 23.2 Å². The summed E-state index contributed by atoms with van der Waals surface area (Å²) in [4.78, 5) is 14.6. The molecular formula is C21H26Cl2N2O2. The molecule has 2 aromatic rings. The summed E-state index contributed by atoms with van der Waals surface area (Å²) in [5.41, 5.74) is 3.85. The summed E-state index contributed by atoms with van der Waals surface area (Å²) in [6, 6.07) is 11.1. The van der Waals surface area contributed by atoms with Crippen molar-refractivity contribution in [1.82, 2.24) is 4.90 Å². The third-order valence-electron chi connectivity index (χ3n) is 4.39. The second-order valence-corrected chi connectivity index (χ2v) is 7.69. The minimum atomic E-state index is -0.203. The number of benzene rings is 2. The number of halogens is 2. The lowest BCUT2D eigenvalue weighted by molar-refractivity contribution is 0.199. The first kappa shape index (κ1) is 21.5. The van der Waals surface area contributed by atoms with Gasteiger partial charge in [0, 0.05) is 25.4 Å². The fourth-order valence-corrected chi connectivity index (χ4v) is 3.22. The maximum atomic E-state index is 13.0. The van der Waals surface area contributed by atoms with Crippen LogP contribution in [0.25, 0.3) is 0 Å². The van der Waals surface area contributed by atoms with Gasteiger partial charge in [0.25, 0.3) is 0 Å². The van der Waals surface area contributed by atoms with Crippen LogP contribution in [0.15, 0.2) is 36.4 Å². The van der Waals surface area contributed by atoms with Crippen LogP contribution in [0, 0.1) is 6.92 Å². The van der Waals surface area contributed by atoms with E-state index in [1.54, 1.807) is 17.0 Å². The van der Waals surface area contributed by atoms with Crippen LogP contribution in [-0.4, -0.2) is 29.2 Å². The molecule has 2 rings (SSSR count). The summed E-state index contributed by atoms with van der Waals surface area (Å²) in [5, 5.41) is 13.2. The van der Waals surface area contributed by atoms with E-state index in [0.717, 1.165) is 22.4 Å². The van der Waals surface area contributed by atoms with Gasteiger partial charge in [-0.25, -0.2) is 4.79 Å². The van der Waals surface area contributed by atoms with Crippen molar-refractivity contribution in [3.05, 3.63) is 63.1 Å². The quantitative estimate of drug-likeness (QED) is 0.604. The van der Waals surface area contributed by atoms with Crippen LogP contribution in [0.2, 0.25) is 10.0 Å². The van der Waals surface area contributed by atoms with E-state index in [4.69, 9.17) is 23.2 Å². The van der Waals surface area contributed by atoms with Gasteiger partial charge in [0.05, 0.1) is 10.0 Å². The van der Waals surface area contributed by atoms with E-state index in [1.807, 2.05) is 31.2 Å². The fraction of sp³-hybridized carbons (Fsp3) is 0.381. The first-order valence-corrected chi connectivity index (χ1v) is 9.79. The highest BCUT2D eigenvalue weighted by Gasteiger charge is 2.18. The summed E-state index contributed by atoms with van der Waals surface area (Å²) in [7, 11) is 0. The van der Waals surface area contributed by atoms with E-state index >= 15 is 0 Å². The second kappa shape index (κ2) is 9.98. The summed E-state index contributed by atoms with van der Waals surface area (Å²) in [5.74, 6) is 0.293. The van der Waals surface area contributed by atoms with Gasteiger partial charge in [-0.2, -0.15) is 0 Å². The highest BCUT2D eigenvalue weighted by Crippen LogP contribution is 2.28.